The summed E-state index contributed by atoms with van der Waals surface area (Å²) in [6, 6.07) is 15.8. The van der Waals surface area contributed by atoms with Crippen molar-refractivity contribution in [3.05, 3.63) is 72.2 Å². The third-order valence-corrected chi connectivity index (χ3v) is 3.34. The number of rotatable bonds is 5. The maximum Gasteiger partial charge on any atom is 0.128 e. The number of para-hydroxylation sites is 1. The molecular formula is C18H17N3O. The first kappa shape index (κ1) is 14.1. The zero-order valence-electron chi connectivity index (χ0n) is 12.4. The molecule has 0 amide bonds. The van der Waals surface area contributed by atoms with E-state index in [1.807, 2.05) is 54.6 Å². The summed E-state index contributed by atoms with van der Waals surface area (Å²) in [5.74, 6) is 0.829. The van der Waals surface area contributed by atoms with E-state index in [4.69, 9.17) is 4.74 Å². The van der Waals surface area contributed by atoms with Gasteiger partial charge in [0.25, 0.3) is 0 Å². The molecule has 2 heterocycles. The molecule has 0 bridgehead atoms. The molecule has 0 fully saturated rings. The van der Waals surface area contributed by atoms with E-state index in [2.05, 4.69) is 21.3 Å². The number of allylic oxidation sites excluding steroid dienone is 1. The Morgan fingerprint density at radius 2 is 2.00 bits per heavy atom. The normalized spacial score (nSPS) is 11.0. The van der Waals surface area contributed by atoms with Crippen molar-refractivity contribution in [2.45, 2.75) is 6.42 Å². The molecule has 0 aliphatic heterocycles. The summed E-state index contributed by atoms with van der Waals surface area (Å²) >= 11 is 0. The fraction of sp³-hybridized carbons (Fsp3) is 0.111. The van der Waals surface area contributed by atoms with E-state index >= 15 is 0 Å². The van der Waals surface area contributed by atoms with Gasteiger partial charge in [-0.25, -0.2) is 0 Å². The van der Waals surface area contributed by atoms with Gasteiger partial charge in [0.15, 0.2) is 0 Å². The molecule has 1 N–H and O–H groups in total. The SMILES string of the molecule is COc1ccccc1-c1cc(/C=C\Cc2ccccn2)n[nH]1. The van der Waals surface area contributed by atoms with Gasteiger partial charge in [0.05, 0.1) is 18.5 Å². The van der Waals surface area contributed by atoms with Crippen LogP contribution < -0.4 is 4.74 Å². The van der Waals surface area contributed by atoms with Crippen LogP contribution in [0.1, 0.15) is 11.4 Å². The molecule has 0 aliphatic carbocycles. The average molecular weight is 291 g/mol. The second kappa shape index (κ2) is 6.72. The Bertz CT molecular complexity index is 763. The number of pyridine rings is 1. The molecule has 0 saturated heterocycles. The summed E-state index contributed by atoms with van der Waals surface area (Å²) in [5, 5.41) is 7.36. The van der Waals surface area contributed by atoms with Gasteiger partial charge in [-0.15, -0.1) is 0 Å². The molecule has 0 aliphatic rings. The summed E-state index contributed by atoms with van der Waals surface area (Å²) in [4.78, 5) is 4.29. The zero-order chi connectivity index (χ0) is 15.2. The summed E-state index contributed by atoms with van der Waals surface area (Å²) in [7, 11) is 1.67. The Balaban J connectivity index is 1.74. The fourth-order valence-electron chi connectivity index (χ4n) is 2.25. The molecule has 22 heavy (non-hydrogen) atoms. The minimum Gasteiger partial charge on any atom is -0.496 e. The van der Waals surface area contributed by atoms with Gasteiger partial charge in [-0.05, 0) is 36.4 Å². The van der Waals surface area contributed by atoms with Crippen molar-refractivity contribution in [1.29, 1.82) is 0 Å². The van der Waals surface area contributed by atoms with E-state index in [0.29, 0.717) is 0 Å². The number of hydrogen-bond acceptors (Lipinski definition) is 3. The van der Waals surface area contributed by atoms with Crippen LogP contribution in [0.5, 0.6) is 5.75 Å². The molecule has 4 heteroatoms. The number of aromatic amines is 1. The van der Waals surface area contributed by atoms with E-state index < -0.39 is 0 Å². The number of aromatic nitrogens is 3. The van der Waals surface area contributed by atoms with Crippen molar-refractivity contribution in [2.75, 3.05) is 7.11 Å². The second-order valence-corrected chi connectivity index (χ2v) is 4.83. The molecule has 2 aromatic heterocycles. The molecule has 3 aromatic rings. The summed E-state index contributed by atoms with van der Waals surface area (Å²) in [5.41, 5.74) is 3.87. The van der Waals surface area contributed by atoms with Gasteiger partial charge in [-0.3, -0.25) is 10.1 Å². The Kier molecular flexibility index (Phi) is 4.30. The lowest BCUT2D eigenvalue weighted by molar-refractivity contribution is 0.416. The Morgan fingerprint density at radius 3 is 2.82 bits per heavy atom. The zero-order valence-corrected chi connectivity index (χ0v) is 12.4. The van der Waals surface area contributed by atoms with Crippen LogP contribution in [0.15, 0.2) is 60.8 Å². The topological polar surface area (TPSA) is 50.8 Å². The molecule has 3 rings (SSSR count). The summed E-state index contributed by atoms with van der Waals surface area (Å²) < 4.78 is 5.37. The molecule has 0 saturated carbocycles. The maximum atomic E-state index is 5.37. The second-order valence-electron chi connectivity index (χ2n) is 4.83. The maximum absolute atomic E-state index is 5.37. The van der Waals surface area contributed by atoms with Crippen LogP contribution in [-0.4, -0.2) is 22.3 Å². The van der Waals surface area contributed by atoms with Crippen molar-refractivity contribution < 1.29 is 4.74 Å². The fourth-order valence-corrected chi connectivity index (χ4v) is 2.25. The van der Waals surface area contributed by atoms with Crippen molar-refractivity contribution >= 4 is 6.08 Å². The smallest absolute Gasteiger partial charge is 0.128 e. The highest BCUT2D eigenvalue weighted by atomic mass is 16.5. The molecule has 0 unspecified atom stereocenters. The average Bonchev–Trinajstić information content (AvgIpc) is 3.04. The monoisotopic (exact) mass is 291 g/mol. The van der Waals surface area contributed by atoms with Gasteiger partial charge in [-0.2, -0.15) is 5.10 Å². The minimum absolute atomic E-state index is 0.789. The van der Waals surface area contributed by atoms with Crippen LogP contribution in [0.25, 0.3) is 17.3 Å². The molecule has 0 spiro atoms. The van der Waals surface area contributed by atoms with Gasteiger partial charge in [0.2, 0.25) is 0 Å². The first-order chi connectivity index (χ1) is 10.9. The third kappa shape index (κ3) is 3.23. The first-order valence-electron chi connectivity index (χ1n) is 7.12. The molecular weight excluding hydrogens is 274 g/mol. The Labute approximate surface area is 129 Å². The third-order valence-electron chi connectivity index (χ3n) is 3.34. The van der Waals surface area contributed by atoms with Gasteiger partial charge >= 0.3 is 0 Å². The predicted octanol–water partition coefficient (Wildman–Crippen LogP) is 3.74. The van der Waals surface area contributed by atoms with Gasteiger partial charge in [-0.1, -0.05) is 24.3 Å². The Hall–Kier alpha value is -2.88. The molecule has 0 atom stereocenters. The van der Waals surface area contributed by atoms with E-state index in [1.54, 1.807) is 13.3 Å². The van der Waals surface area contributed by atoms with Crippen LogP contribution in [-0.2, 0) is 6.42 Å². The highest BCUT2D eigenvalue weighted by molar-refractivity contribution is 5.68. The minimum atomic E-state index is 0.789. The van der Waals surface area contributed by atoms with E-state index in [0.717, 1.165) is 34.8 Å². The van der Waals surface area contributed by atoms with Crippen molar-refractivity contribution in [3.8, 4) is 17.0 Å². The first-order valence-corrected chi connectivity index (χ1v) is 7.12. The van der Waals surface area contributed by atoms with Gasteiger partial charge < -0.3 is 4.74 Å². The van der Waals surface area contributed by atoms with E-state index in [9.17, 15) is 0 Å². The van der Waals surface area contributed by atoms with Crippen LogP contribution in [0.4, 0.5) is 0 Å². The molecule has 4 nitrogen and oxygen atoms in total. The number of ether oxygens (including phenoxy) is 1. The van der Waals surface area contributed by atoms with E-state index in [-0.39, 0.29) is 0 Å². The van der Waals surface area contributed by atoms with Crippen LogP contribution in [0, 0.1) is 0 Å². The van der Waals surface area contributed by atoms with Gasteiger partial charge in [0.1, 0.15) is 5.75 Å². The van der Waals surface area contributed by atoms with Gasteiger partial charge in [0, 0.05) is 23.9 Å². The lowest BCUT2D eigenvalue weighted by Crippen LogP contribution is -1.87. The quantitative estimate of drug-likeness (QED) is 0.779. The number of methoxy groups -OCH3 is 1. The number of nitrogens with one attached hydrogen (secondary N) is 1. The number of nitrogens with zero attached hydrogens (tertiary/aromatic N) is 2. The predicted molar refractivity (Wildman–Crippen MR) is 87.6 cm³/mol. The number of hydrogen-bond donors (Lipinski definition) is 1. The van der Waals surface area contributed by atoms with Crippen molar-refractivity contribution in [1.82, 2.24) is 15.2 Å². The summed E-state index contributed by atoms with van der Waals surface area (Å²) in [6.45, 7) is 0. The highest BCUT2D eigenvalue weighted by Gasteiger charge is 2.07. The van der Waals surface area contributed by atoms with Crippen molar-refractivity contribution in [3.63, 3.8) is 0 Å². The van der Waals surface area contributed by atoms with Crippen LogP contribution in [0.3, 0.4) is 0 Å². The Morgan fingerprint density at radius 1 is 1.14 bits per heavy atom. The van der Waals surface area contributed by atoms with Crippen LogP contribution >= 0.6 is 0 Å². The lowest BCUT2D eigenvalue weighted by atomic mass is 10.1. The molecule has 110 valence electrons. The molecule has 0 radical (unpaired) electrons. The standard InChI is InChI=1S/C18H17N3O/c1-22-18-11-3-2-10-16(18)17-13-15(20-21-17)9-6-8-14-7-4-5-12-19-14/h2-7,9-13H,8H2,1H3,(H,20,21)/b9-6-. The largest absolute Gasteiger partial charge is 0.496 e. The summed E-state index contributed by atoms with van der Waals surface area (Å²) in [6.07, 6.45) is 6.64. The van der Waals surface area contributed by atoms with E-state index in [1.165, 1.54) is 0 Å². The lowest BCUT2D eigenvalue weighted by Gasteiger charge is -2.04. The highest BCUT2D eigenvalue weighted by Crippen LogP contribution is 2.28. The van der Waals surface area contributed by atoms with Crippen LogP contribution in [0.2, 0.25) is 0 Å². The number of H-pyrrole nitrogens is 1. The number of benzene rings is 1. The van der Waals surface area contributed by atoms with Crippen molar-refractivity contribution in [2.24, 2.45) is 0 Å². The molecule has 1 aromatic carbocycles.